The molecule has 0 saturated heterocycles. The average molecular weight is 1150 g/mol. The van der Waals surface area contributed by atoms with Crippen LogP contribution in [-0.4, -0.2) is 35.3 Å². The third-order valence-electron chi connectivity index (χ3n) is 13.7. The van der Waals surface area contributed by atoms with Gasteiger partial charge in [-0.2, -0.15) is 0 Å². The first-order chi connectivity index (χ1) is 37.6. The van der Waals surface area contributed by atoms with Crippen LogP contribution >= 0.6 is 0 Å². The Labute approximate surface area is 495 Å². The Balaban J connectivity index is -0.000000531. The first-order valence-electron chi connectivity index (χ1n) is 31.6. The summed E-state index contributed by atoms with van der Waals surface area (Å²) in [6.45, 7) is 11.0. The molecule has 0 heterocycles. The molecule has 0 aromatic heterocycles. The number of carboxylic acids is 3. The second-order valence-electron chi connectivity index (χ2n) is 22.2. The van der Waals surface area contributed by atoms with E-state index in [9.17, 15) is 44.1 Å². The minimum absolute atomic E-state index is 0. The van der Waals surface area contributed by atoms with Crippen LogP contribution in [0.1, 0.15) is 330 Å². The normalized spacial score (nSPS) is 11.8. The fraction of sp³-hybridized carbons (Fsp3) is 0.739. The van der Waals surface area contributed by atoms with Gasteiger partial charge in [0.25, 0.3) is 0 Å². The monoisotopic (exact) mass is 1150 g/mol. The van der Waals surface area contributed by atoms with E-state index >= 15 is 0 Å². The van der Waals surface area contributed by atoms with Crippen LogP contribution in [0.2, 0.25) is 0 Å². The van der Waals surface area contributed by atoms with Crippen LogP contribution in [0.4, 0.5) is 0 Å². The molecule has 0 aliphatic rings. The number of unbranched alkanes of at least 4 members (excludes halogenated alkanes) is 33. The summed E-state index contributed by atoms with van der Waals surface area (Å²) in [6.07, 6.45) is 68.7. The predicted molar refractivity (Wildman–Crippen MR) is 324 cm³/mol. The zero-order chi connectivity index (χ0) is 58.4. The van der Waals surface area contributed by atoms with Crippen molar-refractivity contribution in [2.45, 2.75) is 330 Å². The Morgan fingerprint density at radius 2 is 0.367 bits per heavy atom. The van der Waals surface area contributed by atoms with Crippen LogP contribution in [0, 0.1) is 0 Å². The van der Waals surface area contributed by atoms with E-state index in [1.807, 2.05) is 20.8 Å². The smallest absolute Gasteiger partial charge is 0.550 e. The molecule has 0 unspecified atom stereocenters. The number of aliphatic carboxylic acids is 3. The van der Waals surface area contributed by atoms with Crippen molar-refractivity contribution < 1.29 is 61.2 Å². The molecule has 0 rings (SSSR count). The van der Waals surface area contributed by atoms with E-state index in [0.717, 1.165) is 96.3 Å². The third-order valence-corrected chi connectivity index (χ3v) is 13.7. The van der Waals surface area contributed by atoms with Crippen molar-refractivity contribution in [1.82, 2.24) is 0 Å². The number of carboxylic acid groups (broad SMARTS) is 3. The van der Waals surface area contributed by atoms with Crippen LogP contribution < -0.4 is 15.3 Å². The van der Waals surface area contributed by atoms with E-state index in [1.54, 1.807) is 39.0 Å². The van der Waals surface area contributed by atoms with Crippen molar-refractivity contribution in [1.29, 1.82) is 0 Å². The SMILES string of the molecule is CC(=O)/C=C(/C)CCCCCCCC/C=C\CCCCCCCC(=O)[O-].CC(=O)/C=C(/C)CCCCCCCC/C=C\CCCCCCCC(=O)[O-].CC(=O)/C=C(/C)CCCCCCCC/C=C\CCCCCCCC(=O)[O-].[Fe+3]. The Morgan fingerprint density at radius 1 is 0.228 bits per heavy atom. The number of ketones is 3. The molecule has 10 heteroatoms. The maximum atomic E-state index is 10.9. The van der Waals surface area contributed by atoms with Gasteiger partial charge in [-0.1, -0.05) is 188 Å². The van der Waals surface area contributed by atoms with Gasteiger partial charge in [0.05, 0.1) is 0 Å². The van der Waals surface area contributed by atoms with E-state index in [1.165, 1.54) is 190 Å². The molecule has 0 aromatic rings. The fourth-order valence-electron chi connectivity index (χ4n) is 9.27. The molecular formula is C69H117FeO9. The summed E-state index contributed by atoms with van der Waals surface area (Å²) in [6, 6.07) is 0. The predicted octanol–water partition coefficient (Wildman–Crippen LogP) is 17.0. The number of allylic oxidation sites excluding steroid dienone is 12. The maximum Gasteiger partial charge on any atom is 3.00 e. The van der Waals surface area contributed by atoms with Crippen molar-refractivity contribution in [2.75, 3.05) is 0 Å². The quantitative estimate of drug-likeness (QED) is 0.0249. The summed E-state index contributed by atoms with van der Waals surface area (Å²) >= 11 is 0. The van der Waals surface area contributed by atoms with E-state index in [2.05, 4.69) is 36.5 Å². The van der Waals surface area contributed by atoms with Crippen LogP contribution in [0.15, 0.2) is 71.4 Å². The van der Waals surface area contributed by atoms with Gasteiger partial charge < -0.3 is 29.7 Å². The van der Waals surface area contributed by atoms with Gasteiger partial charge in [-0.3, -0.25) is 14.4 Å². The fourth-order valence-corrected chi connectivity index (χ4v) is 9.27. The van der Waals surface area contributed by atoms with Crippen LogP contribution in [-0.2, 0) is 45.8 Å². The first kappa shape index (κ1) is 81.8. The average Bonchev–Trinajstić information content (AvgIpc) is 3.36. The zero-order valence-corrected chi connectivity index (χ0v) is 52.6. The molecule has 0 aromatic carbocycles. The molecule has 0 spiro atoms. The van der Waals surface area contributed by atoms with Gasteiger partial charge >= 0.3 is 17.1 Å². The summed E-state index contributed by atoms with van der Waals surface area (Å²) < 4.78 is 0. The molecule has 79 heavy (non-hydrogen) atoms. The number of hydrogen-bond acceptors (Lipinski definition) is 9. The van der Waals surface area contributed by atoms with E-state index in [4.69, 9.17) is 0 Å². The van der Waals surface area contributed by atoms with Crippen LogP contribution in [0.5, 0.6) is 0 Å². The summed E-state index contributed by atoms with van der Waals surface area (Å²) in [7, 11) is 0. The van der Waals surface area contributed by atoms with Crippen LogP contribution in [0.25, 0.3) is 0 Å². The molecule has 0 fully saturated rings. The Morgan fingerprint density at radius 3 is 0.519 bits per heavy atom. The number of rotatable bonds is 54. The summed E-state index contributed by atoms with van der Waals surface area (Å²) in [5.74, 6) is -2.31. The standard InChI is InChI=1S/3C23H40O3.Fe/c3*1-21(20-22(2)24)18-16-14-12-10-8-6-4-3-5-7-9-11-13-15-17-19-23(25)26;/h3*3,5,20H,4,6-19H2,1-2H3,(H,25,26);/q;;;+3/p-3/b3*5-3-,21-20-;. The molecule has 0 atom stereocenters. The van der Waals surface area contributed by atoms with Crippen molar-refractivity contribution in [3.63, 3.8) is 0 Å². The molecular weight excluding hydrogens is 1030 g/mol. The van der Waals surface area contributed by atoms with Gasteiger partial charge in [-0.25, -0.2) is 0 Å². The topological polar surface area (TPSA) is 172 Å². The maximum absolute atomic E-state index is 10.9. The van der Waals surface area contributed by atoms with Crippen LogP contribution in [0.3, 0.4) is 0 Å². The van der Waals surface area contributed by atoms with Crippen molar-refractivity contribution >= 4 is 35.3 Å². The zero-order valence-electron chi connectivity index (χ0n) is 51.5. The van der Waals surface area contributed by atoms with Gasteiger partial charge in [-0.05, 0) is 214 Å². The summed E-state index contributed by atoms with van der Waals surface area (Å²) in [5, 5.41) is 30.8. The molecule has 0 saturated carbocycles. The Kier molecular flexibility index (Phi) is 69.3. The van der Waals surface area contributed by atoms with E-state index < -0.39 is 17.9 Å². The summed E-state index contributed by atoms with van der Waals surface area (Å²) in [4.78, 5) is 63.6. The number of hydrogen-bond donors (Lipinski definition) is 0. The second kappa shape index (κ2) is 66.9. The number of carbonyl (C=O) groups excluding carboxylic acids is 6. The second-order valence-corrected chi connectivity index (χ2v) is 22.2. The molecule has 455 valence electrons. The Bertz CT molecular complexity index is 1460. The van der Waals surface area contributed by atoms with E-state index in [-0.39, 0.29) is 53.7 Å². The minimum Gasteiger partial charge on any atom is -0.550 e. The summed E-state index contributed by atoms with van der Waals surface area (Å²) in [5.41, 5.74) is 3.63. The van der Waals surface area contributed by atoms with Crippen molar-refractivity contribution in [3.8, 4) is 0 Å². The van der Waals surface area contributed by atoms with Gasteiger partial charge in [0.15, 0.2) is 17.3 Å². The van der Waals surface area contributed by atoms with Crippen molar-refractivity contribution in [3.05, 3.63) is 71.4 Å². The van der Waals surface area contributed by atoms with E-state index in [0.29, 0.717) is 0 Å². The van der Waals surface area contributed by atoms with Gasteiger partial charge in [-0.15, -0.1) is 0 Å². The molecule has 0 bridgehead atoms. The van der Waals surface area contributed by atoms with Gasteiger partial charge in [0, 0.05) is 17.9 Å². The molecule has 0 aliphatic heterocycles. The van der Waals surface area contributed by atoms with Gasteiger partial charge in [0.2, 0.25) is 0 Å². The van der Waals surface area contributed by atoms with Gasteiger partial charge in [0.1, 0.15) is 0 Å². The Hall–Kier alpha value is -3.62. The molecule has 1 radical (unpaired) electrons. The molecule has 9 nitrogen and oxygen atoms in total. The first-order valence-corrected chi connectivity index (χ1v) is 31.6. The molecule has 0 N–H and O–H groups in total. The minimum atomic E-state index is -0.926. The third kappa shape index (κ3) is 83.3. The van der Waals surface area contributed by atoms with Crippen molar-refractivity contribution in [2.24, 2.45) is 0 Å². The largest absolute Gasteiger partial charge is 3.00 e. The number of carbonyl (C=O) groups is 6. The molecule has 0 amide bonds. The molecule has 0 aliphatic carbocycles.